The maximum atomic E-state index is 12.8. The second-order valence-corrected chi connectivity index (χ2v) is 5.40. The van der Waals surface area contributed by atoms with Gasteiger partial charge in [-0.15, -0.1) is 0 Å². The molecule has 0 atom stereocenters. The van der Waals surface area contributed by atoms with Crippen LogP contribution in [0.2, 0.25) is 0 Å². The van der Waals surface area contributed by atoms with E-state index in [0.717, 1.165) is 12.1 Å². The number of ether oxygens (including phenoxy) is 1. The molecule has 0 aliphatic carbocycles. The summed E-state index contributed by atoms with van der Waals surface area (Å²) in [4.78, 5) is 17.6. The first-order valence-electron chi connectivity index (χ1n) is 7.50. The van der Waals surface area contributed by atoms with Gasteiger partial charge >= 0.3 is 6.18 Å². The third kappa shape index (κ3) is 3.35. The Labute approximate surface area is 141 Å². The molecule has 2 aromatic rings. The summed E-state index contributed by atoms with van der Waals surface area (Å²) in [5, 5.41) is 3.94. The van der Waals surface area contributed by atoms with Crippen molar-refractivity contribution in [3.63, 3.8) is 0 Å². The molecule has 0 bridgehead atoms. The standard InChI is InChI=1S/C18H14F3NO3/c1-24-22-14-9-10-25-15-4-2-3-13(16(14)15)17(23)11-5-7-12(8-6-11)18(19,20)21/h2-8H,9-10H2,1H3/b22-14+. The van der Waals surface area contributed by atoms with Crippen molar-refractivity contribution in [3.8, 4) is 5.75 Å². The van der Waals surface area contributed by atoms with Gasteiger partial charge in [0.25, 0.3) is 0 Å². The molecule has 130 valence electrons. The number of rotatable bonds is 3. The molecule has 1 aliphatic rings. The lowest BCUT2D eigenvalue weighted by Crippen LogP contribution is -2.20. The highest BCUT2D eigenvalue weighted by Gasteiger charge is 2.31. The Bertz CT molecular complexity index is 826. The van der Waals surface area contributed by atoms with Crippen LogP contribution in [-0.2, 0) is 11.0 Å². The van der Waals surface area contributed by atoms with Crippen LogP contribution in [0.15, 0.2) is 47.6 Å². The van der Waals surface area contributed by atoms with Gasteiger partial charge < -0.3 is 9.57 Å². The predicted molar refractivity (Wildman–Crippen MR) is 85.0 cm³/mol. The van der Waals surface area contributed by atoms with Gasteiger partial charge in [0.05, 0.1) is 23.4 Å². The van der Waals surface area contributed by atoms with E-state index >= 15 is 0 Å². The predicted octanol–water partition coefficient (Wildman–Crippen LogP) is 4.07. The van der Waals surface area contributed by atoms with Crippen molar-refractivity contribution in [1.29, 1.82) is 0 Å². The van der Waals surface area contributed by atoms with Gasteiger partial charge in [-0.2, -0.15) is 13.2 Å². The van der Waals surface area contributed by atoms with Crippen LogP contribution in [0, 0.1) is 0 Å². The van der Waals surface area contributed by atoms with Crippen molar-refractivity contribution in [2.24, 2.45) is 5.16 Å². The number of carbonyl (C=O) groups is 1. The van der Waals surface area contributed by atoms with E-state index in [1.54, 1.807) is 18.2 Å². The maximum Gasteiger partial charge on any atom is 0.416 e. The molecule has 0 spiro atoms. The second kappa shape index (κ2) is 6.58. The monoisotopic (exact) mass is 349 g/mol. The van der Waals surface area contributed by atoms with Crippen LogP contribution in [0.4, 0.5) is 13.2 Å². The maximum absolute atomic E-state index is 12.8. The number of halogens is 3. The lowest BCUT2D eigenvalue weighted by atomic mass is 9.92. The van der Waals surface area contributed by atoms with E-state index in [2.05, 4.69) is 5.16 Å². The van der Waals surface area contributed by atoms with Crippen LogP contribution in [-0.4, -0.2) is 25.2 Å². The van der Waals surface area contributed by atoms with Gasteiger partial charge in [0.2, 0.25) is 0 Å². The lowest BCUT2D eigenvalue weighted by Gasteiger charge is -2.21. The summed E-state index contributed by atoms with van der Waals surface area (Å²) >= 11 is 0. The number of oxime groups is 1. The number of carbonyl (C=O) groups excluding carboxylic acids is 1. The minimum absolute atomic E-state index is 0.156. The van der Waals surface area contributed by atoms with Gasteiger partial charge in [0, 0.05) is 17.5 Å². The Balaban J connectivity index is 2.03. The Morgan fingerprint density at radius 3 is 2.52 bits per heavy atom. The van der Waals surface area contributed by atoms with Gasteiger partial charge in [-0.1, -0.05) is 29.4 Å². The minimum Gasteiger partial charge on any atom is -0.492 e. The summed E-state index contributed by atoms with van der Waals surface area (Å²) in [6.45, 7) is 0.410. The molecule has 2 aromatic carbocycles. The number of benzene rings is 2. The third-order valence-corrected chi connectivity index (χ3v) is 3.83. The molecule has 4 nitrogen and oxygen atoms in total. The van der Waals surface area contributed by atoms with Crippen LogP contribution in [0.5, 0.6) is 5.75 Å². The van der Waals surface area contributed by atoms with Crippen molar-refractivity contribution >= 4 is 11.5 Å². The highest BCUT2D eigenvalue weighted by molar-refractivity contribution is 6.18. The summed E-state index contributed by atoms with van der Waals surface area (Å²) in [5.41, 5.74) is 0.751. The molecule has 0 fully saturated rings. The molecule has 3 rings (SSSR count). The van der Waals surface area contributed by atoms with Crippen molar-refractivity contribution in [2.75, 3.05) is 13.7 Å². The Kier molecular flexibility index (Phi) is 4.48. The lowest BCUT2D eigenvalue weighted by molar-refractivity contribution is -0.137. The smallest absolute Gasteiger partial charge is 0.416 e. The molecule has 1 aliphatic heterocycles. The minimum atomic E-state index is -4.44. The summed E-state index contributed by atoms with van der Waals surface area (Å²) < 4.78 is 43.6. The van der Waals surface area contributed by atoms with Crippen LogP contribution in [0.25, 0.3) is 0 Å². The normalized spacial score (nSPS) is 15.4. The fraction of sp³-hybridized carbons (Fsp3) is 0.222. The zero-order chi connectivity index (χ0) is 18.0. The number of hydrogen-bond acceptors (Lipinski definition) is 4. The molecule has 0 unspecified atom stereocenters. The molecule has 0 amide bonds. The first-order valence-corrected chi connectivity index (χ1v) is 7.50. The molecule has 0 aromatic heterocycles. The SMILES string of the molecule is CO/N=C1\CCOc2cccc(C(=O)c3ccc(C(F)(F)F)cc3)c21. The van der Waals surface area contributed by atoms with Crippen LogP contribution in [0.1, 0.15) is 33.5 Å². The van der Waals surface area contributed by atoms with Crippen LogP contribution in [0.3, 0.4) is 0 Å². The van der Waals surface area contributed by atoms with Crippen LogP contribution >= 0.6 is 0 Å². The van der Waals surface area contributed by atoms with Gasteiger partial charge in [0.15, 0.2) is 5.78 Å². The Hall–Kier alpha value is -2.83. The van der Waals surface area contributed by atoms with E-state index in [-0.39, 0.29) is 5.56 Å². The number of ketones is 1. The van der Waals surface area contributed by atoms with Gasteiger partial charge in [-0.25, -0.2) is 0 Å². The first-order chi connectivity index (χ1) is 11.9. The number of alkyl halides is 3. The quantitative estimate of drug-likeness (QED) is 0.620. The van der Waals surface area contributed by atoms with E-state index in [1.807, 2.05) is 0 Å². The van der Waals surface area contributed by atoms with Crippen molar-refractivity contribution in [1.82, 2.24) is 0 Å². The average molecular weight is 349 g/mol. The largest absolute Gasteiger partial charge is 0.492 e. The van der Waals surface area contributed by atoms with Gasteiger partial charge in [-0.3, -0.25) is 4.79 Å². The fourth-order valence-electron chi connectivity index (χ4n) is 2.69. The first kappa shape index (κ1) is 17.0. The van der Waals surface area contributed by atoms with Gasteiger partial charge in [0.1, 0.15) is 12.9 Å². The van der Waals surface area contributed by atoms with Gasteiger partial charge in [-0.05, 0) is 18.2 Å². The van der Waals surface area contributed by atoms with E-state index in [1.165, 1.54) is 19.2 Å². The molecule has 0 saturated heterocycles. The molecule has 1 heterocycles. The third-order valence-electron chi connectivity index (χ3n) is 3.83. The summed E-state index contributed by atoms with van der Waals surface area (Å²) in [7, 11) is 1.41. The molecular weight excluding hydrogens is 335 g/mol. The highest BCUT2D eigenvalue weighted by Crippen LogP contribution is 2.32. The average Bonchev–Trinajstić information content (AvgIpc) is 2.60. The molecule has 0 N–H and O–H groups in total. The molecule has 0 saturated carbocycles. The second-order valence-electron chi connectivity index (χ2n) is 5.40. The number of fused-ring (bicyclic) bond motifs is 1. The Morgan fingerprint density at radius 1 is 1.16 bits per heavy atom. The molecular formula is C18H14F3NO3. The Morgan fingerprint density at radius 2 is 1.88 bits per heavy atom. The zero-order valence-corrected chi connectivity index (χ0v) is 13.3. The highest BCUT2D eigenvalue weighted by atomic mass is 19.4. The van der Waals surface area contributed by atoms with Crippen LogP contribution < -0.4 is 4.74 Å². The van der Waals surface area contributed by atoms with E-state index in [0.29, 0.717) is 35.6 Å². The fourth-order valence-corrected chi connectivity index (χ4v) is 2.69. The zero-order valence-electron chi connectivity index (χ0n) is 13.3. The summed E-state index contributed by atoms with van der Waals surface area (Å²) in [6.07, 6.45) is -3.97. The van der Waals surface area contributed by atoms with E-state index in [4.69, 9.17) is 9.57 Å². The summed E-state index contributed by atoms with van der Waals surface area (Å²) in [6, 6.07) is 9.09. The number of hydrogen-bond donors (Lipinski definition) is 0. The van der Waals surface area contributed by atoms with Crippen molar-refractivity contribution in [2.45, 2.75) is 12.6 Å². The molecule has 0 radical (unpaired) electrons. The van der Waals surface area contributed by atoms with E-state index in [9.17, 15) is 18.0 Å². The topological polar surface area (TPSA) is 47.9 Å². The number of nitrogens with zero attached hydrogens (tertiary/aromatic N) is 1. The van der Waals surface area contributed by atoms with Crippen molar-refractivity contribution in [3.05, 3.63) is 64.7 Å². The summed E-state index contributed by atoms with van der Waals surface area (Å²) in [5.74, 6) is 0.0969. The molecule has 25 heavy (non-hydrogen) atoms. The van der Waals surface area contributed by atoms with Crippen molar-refractivity contribution < 1.29 is 27.5 Å². The molecule has 7 heteroatoms. The van der Waals surface area contributed by atoms with E-state index < -0.39 is 17.5 Å².